The van der Waals surface area contributed by atoms with Gasteiger partial charge in [0.15, 0.2) is 0 Å². The number of nitrogens with two attached hydrogens (primary N) is 1. The summed E-state index contributed by atoms with van der Waals surface area (Å²) in [5, 5.41) is 17.6. The van der Waals surface area contributed by atoms with Crippen molar-refractivity contribution in [1.82, 2.24) is 9.78 Å². The second-order valence-corrected chi connectivity index (χ2v) is 2.89. The number of hydrogen-bond acceptors (Lipinski definition) is 2. The van der Waals surface area contributed by atoms with E-state index < -0.39 is 0 Å². The minimum Gasteiger partial charge on any atom is -0.859 e. The molecule has 4 nitrogen and oxygen atoms in total. The molecule has 2 heterocycles. The van der Waals surface area contributed by atoms with Crippen molar-refractivity contribution in [1.29, 1.82) is 0 Å². The highest BCUT2D eigenvalue weighted by atomic mass is 16.3. The number of rotatable bonds is 0. The van der Waals surface area contributed by atoms with E-state index in [4.69, 9.17) is 0 Å². The Kier molecular flexibility index (Phi) is 1.35. The van der Waals surface area contributed by atoms with Gasteiger partial charge < -0.3 is 10.4 Å². The normalized spacial score (nSPS) is 16.5. The van der Waals surface area contributed by atoms with Gasteiger partial charge in [0, 0.05) is 13.5 Å². The Morgan fingerprint density at radius 2 is 2.45 bits per heavy atom. The Morgan fingerprint density at radius 1 is 1.64 bits per heavy atom. The van der Waals surface area contributed by atoms with Crippen molar-refractivity contribution in [2.45, 2.75) is 13.0 Å². The van der Waals surface area contributed by atoms with Crippen LogP contribution in [0.1, 0.15) is 11.3 Å². The molecule has 1 aromatic rings. The lowest BCUT2D eigenvalue weighted by molar-refractivity contribution is -0.674. The third-order valence-corrected chi connectivity index (χ3v) is 2.11. The van der Waals surface area contributed by atoms with Crippen LogP contribution in [0.2, 0.25) is 0 Å². The Labute approximate surface area is 64.8 Å². The first-order chi connectivity index (χ1) is 5.29. The van der Waals surface area contributed by atoms with Gasteiger partial charge in [0.25, 0.3) is 0 Å². The fraction of sp³-hybridized carbons (Fsp3) is 0.571. The van der Waals surface area contributed by atoms with Crippen LogP contribution in [0.15, 0.2) is 0 Å². The second-order valence-electron chi connectivity index (χ2n) is 2.89. The molecule has 0 amide bonds. The van der Waals surface area contributed by atoms with Crippen molar-refractivity contribution in [2.24, 2.45) is 7.05 Å². The first kappa shape index (κ1) is 6.67. The first-order valence-electron chi connectivity index (χ1n) is 3.82. The molecule has 0 saturated carbocycles. The van der Waals surface area contributed by atoms with Crippen LogP contribution in [0.5, 0.6) is 5.88 Å². The summed E-state index contributed by atoms with van der Waals surface area (Å²) in [6.07, 6.45) is 0.877. The molecule has 4 heteroatoms. The van der Waals surface area contributed by atoms with Gasteiger partial charge in [-0.05, 0) is 11.4 Å². The lowest BCUT2D eigenvalue weighted by Gasteiger charge is -2.12. The lowest BCUT2D eigenvalue weighted by atomic mass is 10.1. The summed E-state index contributed by atoms with van der Waals surface area (Å²) in [7, 11) is 1.71. The van der Waals surface area contributed by atoms with Gasteiger partial charge in [-0.2, -0.15) is 5.10 Å². The first-order valence-corrected chi connectivity index (χ1v) is 3.82. The van der Waals surface area contributed by atoms with Crippen LogP contribution in [0, 0.1) is 0 Å². The standard InChI is InChI=1S/C7H11N3O/c1-10-7(11)5-2-3-8-4-6(5)9-10/h8,11H,2-4H2,1H3. The van der Waals surface area contributed by atoms with Gasteiger partial charge in [-0.15, -0.1) is 0 Å². The van der Waals surface area contributed by atoms with E-state index in [1.54, 1.807) is 7.05 Å². The van der Waals surface area contributed by atoms with Gasteiger partial charge in [-0.3, -0.25) is 4.68 Å². The molecule has 0 spiro atoms. The van der Waals surface area contributed by atoms with Crippen molar-refractivity contribution in [2.75, 3.05) is 6.54 Å². The average molecular weight is 153 g/mol. The van der Waals surface area contributed by atoms with E-state index in [0.29, 0.717) is 0 Å². The molecule has 2 N–H and O–H groups in total. The van der Waals surface area contributed by atoms with Gasteiger partial charge in [-0.1, -0.05) is 0 Å². The van der Waals surface area contributed by atoms with E-state index in [-0.39, 0.29) is 5.88 Å². The van der Waals surface area contributed by atoms with Crippen LogP contribution < -0.4 is 10.4 Å². The molecule has 11 heavy (non-hydrogen) atoms. The van der Waals surface area contributed by atoms with E-state index in [9.17, 15) is 5.11 Å². The second kappa shape index (κ2) is 2.23. The SMILES string of the molecule is Cn1nc2c(c1[O-])CC[NH2+]C2. The summed E-state index contributed by atoms with van der Waals surface area (Å²) in [5.41, 5.74) is 1.90. The molecule has 1 aliphatic rings. The molecule has 1 aliphatic heterocycles. The minimum absolute atomic E-state index is 0.0908. The number of fused-ring (bicyclic) bond motifs is 1. The van der Waals surface area contributed by atoms with Crippen molar-refractivity contribution >= 4 is 0 Å². The molecule has 2 rings (SSSR count). The summed E-state index contributed by atoms with van der Waals surface area (Å²) >= 11 is 0. The molecular formula is C7H11N3O. The quantitative estimate of drug-likeness (QED) is 0.474. The van der Waals surface area contributed by atoms with Crippen LogP contribution in [0.25, 0.3) is 0 Å². The van der Waals surface area contributed by atoms with E-state index >= 15 is 0 Å². The Hall–Kier alpha value is -1.03. The molecule has 1 aromatic heterocycles. The van der Waals surface area contributed by atoms with Gasteiger partial charge in [0.2, 0.25) is 0 Å². The number of aryl methyl sites for hydroxylation is 1. The van der Waals surface area contributed by atoms with Gasteiger partial charge >= 0.3 is 0 Å². The predicted octanol–water partition coefficient (Wildman–Crippen LogP) is -1.89. The minimum atomic E-state index is 0.0908. The van der Waals surface area contributed by atoms with Crippen molar-refractivity contribution < 1.29 is 10.4 Å². The average Bonchev–Trinajstić information content (AvgIpc) is 2.30. The third-order valence-electron chi connectivity index (χ3n) is 2.11. The Bertz CT molecular complexity index is 279. The molecule has 60 valence electrons. The largest absolute Gasteiger partial charge is 0.859 e. The molecule has 0 aromatic carbocycles. The van der Waals surface area contributed by atoms with Crippen LogP contribution in [-0.4, -0.2) is 16.3 Å². The zero-order valence-electron chi connectivity index (χ0n) is 6.50. The monoisotopic (exact) mass is 153 g/mol. The summed E-state index contributed by atoms with van der Waals surface area (Å²) < 4.78 is 1.43. The zero-order valence-corrected chi connectivity index (χ0v) is 6.50. The van der Waals surface area contributed by atoms with Crippen LogP contribution in [-0.2, 0) is 20.0 Å². The maximum absolute atomic E-state index is 11.3. The summed E-state index contributed by atoms with van der Waals surface area (Å²) in [6, 6.07) is 0. The lowest BCUT2D eigenvalue weighted by Crippen LogP contribution is -2.84. The van der Waals surface area contributed by atoms with Crippen LogP contribution in [0.3, 0.4) is 0 Å². The van der Waals surface area contributed by atoms with Crippen LogP contribution in [0.4, 0.5) is 0 Å². The topological polar surface area (TPSA) is 57.5 Å². The molecule has 0 unspecified atom stereocenters. The van der Waals surface area contributed by atoms with E-state index in [0.717, 1.165) is 30.8 Å². The predicted molar refractivity (Wildman–Crippen MR) is 36.9 cm³/mol. The molecule has 0 bridgehead atoms. The Morgan fingerprint density at radius 3 is 3.18 bits per heavy atom. The van der Waals surface area contributed by atoms with E-state index in [1.165, 1.54) is 4.68 Å². The zero-order chi connectivity index (χ0) is 7.84. The highest BCUT2D eigenvalue weighted by Gasteiger charge is 2.15. The maximum atomic E-state index is 11.3. The van der Waals surface area contributed by atoms with Crippen molar-refractivity contribution in [3.05, 3.63) is 11.3 Å². The number of nitrogens with zero attached hydrogens (tertiary/aromatic N) is 2. The van der Waals surface area contributed by atoms with Gasteiger partial charge in [0.1, 0.15) is 12.2 Å². The molecule has 0 fully saturated rings. The fourth-order valence-electron chi connectivity index (χ4n) is 1.51. The highest BCUT2D eigenvalue weighted by molar-refractivity contribution is 5.29. The van der Waals surface area contributed by atoms with Gasteiger partial charge in [-0.25, -0.2) is 0 Å². The van der Waals surface area contributed by atoms with Gasteiger partial charge in [0.05, 0.1) is 6.54 Å². The van der Waals surface area contributed by atoms with Crippen LogP contribution >= 0.6 is 0 Å². The van der Waals surface area contributed by atoms with Crippen molar-refractivity contribution in [3.8, 4) is 5.88 Å². The Balaban J connectivity index is 2.50. The third kappa shape index (κ3) is 0.903. The molecule has 0 atom stereocenters. The van der Waals surface area contributed by atoms with E-state index in [2.05, 4.69) is 10.4 Å². The fourth-order valence-corrected chi connectivity index (χ4v) is 1.51. The molecule has 0 radical (unpaired) electrons. The smallest absolute Gasteiger partial charge is 0.121 e. The number of hydrogen-bond donors (Lipinski definition) is 1. The van der Waals surface area contributed by atoms with E-state index in [1.807, 2.05) is 0 Å². The highest BCUT2D eigenvalue weighted by Crippen LogP contribution is 2.17. The summed E-state index contributed by atoms with van der Waals surface area (Å²) in [6.45, 7) is 1.89. The van der Waals surface area contributed by atoms with Crippen molar-refractivity contribution in [3.63, 3.8) is 0 Å². The molecule has 0 saturated heterocycles. The molecule has 0 aliphatic carbocycles. The molecular weight excluding hydrogens is 142 g/mol. The maximum Gasteiger partial charge on any atom is 0.121 e. The number of quaternary nitrogens is 1. The number of aromatic nitrogens is 2. The summed E-state index contributed by atoms with van der Waals surface area (Å²) in [4.78, 5) is 0. The summed E-state index contributed by atoms with van der Waals surface area (Å²) in [5.74, 6) is 0.0908.